The molecule has 4 heteroatoms. The topological polar surface area (TPSA) is 38.3 Å². The number of nitrogens with one attached hydrogen (secondary N) is 1. The third-order valence-electron chi connectivity index (χ3n) is 3.93. The number of carbonyl (C=O) groups excluding carboxylic acids is 1. The number of ether oxygens (including phenoxy) is 1. The fourth-order valence-electron chi connectivity index (χ4n) is 2.94. The molecule has 1 N–H and O–H groups in total. The zero-order valence-electron chi connectivity index (χ0n) is 11.2. The predicted molar refractivity (Wildman–Crippen MR) is 76.8 cm³/mol. The van der Waals surface area contributed by atoms with Crippen LogP contribution in [0.15, 0.2) is 23.1 Å². The van der Waals surface area contributed by atoms with Crippen molar-refractivity contribution in [3.63, 3.8) is 0 Å². The van der Waals surface area contributed by atoms with E-state index in [9.17, 15) is 4.79 Å². The molecule has 19 heavy (non-hydrogen) atoms. The monoisotopic (exact) mass is 277 g/mol. The lowest BCUT2D eigenvalue weighted by molar-refractivity contribution is 0.0526. The summed E-state index contributed by atoms with van der Waals surface area (Å²) >= 11 is 2.00. The van der Waals surface area contributed by atoms with Crippen LogP contribution in [0.1, 0.15) is 35.7 Å². The minimum absolute atomic E-state index is 0.207. The Morgan fingerprint density at radius 1 is 1.42 bits per heavy atom. The number of esters is 1. The lowest BCUT2D eigenvalue weighted by Crippen LogP contribution is -2.39. The van der Waals surface area contributed by atoms with Crippen molar-refractivity contribution in [2.75, 3.05) is 19.7 Å². The van der Waals surface area contributed by atoms with Crippen LogP contribution in [-0.4, -0.2) is 30.4 Å². The van der Waals surface area contributed by atoms with Crippen LogP contribution < -0.4 is 5.32 Å². The number of hydrogen-bond acceptors (Lipinski definition) is 4. The van der Waals surface area contributed by atoms with Crippen LogP contribution in [0.5, 0.6) is 0 Å². The number of piperidine rings is 1. The van der Waals surface area contributed by atoms with E-state index in [0.29, 0.717) is 16.9 Å². The van der Waals surface area contributed by atoms with Crippen LogP contribution in [0.25, 0.3) is 0 Å². The molecule has 0 radical (unpaired) electrons. The van der Waals surface area contributed by atoms with Crippen molar-refractivity contribution in [2.45, 2.75) is 35.8 Å². The summed E-state index contributed by atoms with van der Waals surface area (Å²) in [6.45, 7) is 4.48. The van der Waals surface area contributed by atoms with Gasteiger partial charge in [0.25, 0.3) is 0 Å². The number of rotatable bonds is 2. The van der Waals surface area contributed by atoms with Gasteiger partial charge in [-0.25, -0.2) is 4.79 Å². The first kappa shape index (κ1) is 13.0. The molecular formula is C15H19NO2S. The fourth-order valence-corrected chi connectivity index (χ4v) is 4.44. The van der Waals surface area contributed by atoms with Gasteiger partial charge in [-0.1, -0.05) is 0 Å². The second-order valence-electron chi connectivity index (χ2n) is 5.25. The molecule has 102 valence electrons. The van der Waals surface area contributed by atoms with Crippen LogP contribution >= 0.6 is 11.8 Å². The quantitative estimate of drug-likeness (QED) is 0.843. The minimum atomic E-state index is -0.207. The van der Waals surface area contributed by atoms with Crippen LogP contribution in [0, 0.1) is 0 Å². The summed E-state index contributed by atoms with van der Waals surface area (Å²) in [6, 6.07) is 6.00. The Balaban J connectivity index is 1.81. The van der Waals surface area contributed by atoms with Crippen molar-refractivity contribution in [1.29, 1.82) is 0 Å². The summed E-state index contributed by atoms with van der Waals surface area (Å²) in [4.78, 5) is 13.1. The Hall–Kier alpha value is -1.00. The molecule has 1 saturated heterocycles. The van der Waals surface area contributed by atoms with Crippen LogP contribution in [0.3, 0.4) is 0 Å². The molecule has 1 spiro atoms. The zero-order chi connectivity index (χ0) is 13.3. The molecule has 1 fully saturated rings. The SMILES string of the molecule is CCOC(=O)c1ccc2c(c1)CC1(CCNCC1)S2. The molecule has 3 rings (SSSR count). The Bertz CT molecular complexity index is 495. The average molecular weight is 277 g/mol. The van der Waals surface area contributed by atoms with Crippen LogP contribution in [0.2, 0.25) is 0 Å². The van der Waals surface area contributed by atoms with Crippen molar-refractivity contribution in [2.24, 2.45) is 0 Å². The molecule has 2 aliphatic rings. The van der Waals surface area contributed by atoms with E-state index in [4.69, 9.17) is 4.74 Å². The zero-order valence-corrected chi connectivity index (χ0v) is 12.0. The molecule has 3 nitrogen and oxygen atoms in total. The molecule has 2 aliphatic heterocycles. The van der Waals surface area contributed by atoms with E-state index in [1.807, 2.05) is 30.8 Å². The lowest BCUT2D eigenvalue weighted by atomic mass is 9.90. The Morgan fingerprint density at radius 2 is 2.21 bits per heavy atom. The summed E-state index contributed by atoms with van der Waals surface area (Å²) in [6.07, 6.45) is 3.50. The summed E-state index contributed by atoms with van der Waals surface area (Å²) in [7, 11) is 0. The van der Waals surface area contributed by atoms with Gasteiger partial charge in [0, 0.05) is 9.64 Å². The highest BCUT2D eigenvalue weighted by Gasteiger charge is 2.39. The second-order valence-corrected chi connectivity index (χ2v) is 6.76. The second kappa shape index (κ2) is 5.17. The van der Waals surface area contributed by atoms with Gasteiger partial charge >= 0.3 is 5.97 Å². The maximum absolute atomic E-state index is 11.8. The van der Waals surface area contributed by atoms with Crippen molar-refractivity contribution < 1.29 is 9.53 Å². The fraction of sp³-hybridized carbons (Fsp3) is 0.533. The number of benzene rings is 1. The number of fused-ring (bicyclic) bond motifs is 1. The molecule has 2 heterocycles. The largest absolute Gasteiger partial charge is 0.462 e. The number of thioether (sulfide) groups is 1. The van der Waals surface area contributed by atoms with Gasteiger partial charge in [-0.3, -0.25) is 0 Å². The van der Waals surface area contributed by atoms with Crippen molar-refractivity contribution in [3.8, 4) is 0 Å². The molecular weight excluding hydrogens is 258 g/mol. The summed E-state index contributed by atoms with van der Waals surface area (Å²) in [5.74, 6) is -0.207. The van der Waals surface area contributed by atoms with E-state index in [2.05, 4.69) is 11.4 Å². The maximum Gasteiger partial charge on any atom is 0.338 e. The van der Waals surface area contributed by atoms with Crippen molar-refractivity contribution in [1.82, 2.24) is 5.32 Å². The van der Waals surface area contributed by atoms with E-state index in [1.165, 1.54) is 23.3 Å². The first-order valence-corrected chi connectivity index (χ1v) is 7.74. The van der Waals surface area contributed by atoms with Gasteiger partial charge in [0.2, 0.25) is 0 Å². The van der Waals surface area contributed by atoms with Crippen LogP contribution in [0.4, 0.5) is 0 Å². The van der Waals surface area contributed by atoms with Gasteiger partial charge in [-0.15, -0.1) is 11.8 Å². The van der Waals surface area contributed by atoms with E-state index < -0.39 is 0 Å². The highest BCUT2D eigenvalue weighted by atomic mass is 32.2. The first-order chi connectivity index (χ1) is 9.22. The molecule has 0 unspecified atom stereocenters. The molecule has 0 aliphatic carbocycles. The number of carbonyl (C=O) groups is 1. The standard InChI is InChI=1S/C15H19NO2S/c1-2-18-14(17)11-3-4-13-12(9-11)10-15(19-13)5-7-16-8-6-15/h3-4,9,16H,2,5-8,10H2,1H3. The highest BCUT2D eigenvalue weighted by molar-refractivity contribution is 8.01. The first-order valence-electron chi connectivity index (χ1n) is 6.92. The van der Waals surface area contributed by atoms with Gasteiger partial charge in [0.15, 0.2) is 0 Å². The Morgan fingerprint density at radius 3 is 2.95 bits per heavy atom. The van der Waals surface area contributed by atoms with Gasteiger partial charge in [0.1, 0.15) is 0 Å². The molecule has 0 atom stereocenters. The van der Waals surface area contributed by atoms with Crippen molar-refractivity contribution >= 4 is 17.7 Å². The van der Waals surface area contributed by atoms with Gasteiger partial charge in [-0.2, -0.15) is 0 Å². The third kappa shape index (κ3) is 2.51. The molecule has 0 bridgehead atoms. The maximum atomic E-state index is 11.8. The normalized spacial score (nSPS) is 20.3. The highest BCUT2D eigenvalue weighted by Crippen LogP contribution is 2.49. The molecule has 0 aromatic heterocycles. The van der Waals surface area contributed by atoms with Gasteiger partial charge < -0.3 is 10.1 Å². The predicted octanol–water partition coefficient (Wildman–Crippen LogP) is 2.63. The van der Waals surface area contributed by atoms with Gasteiger partial charge in [-0.05, 0) is 63.0 Å². The third-order valence-corrected chi connectivity index (χ3v) is 5.53. The summed E-state index contributed by atoms with van der Waals surface area (Å²) in [5, 5.41) is 3.42. The molecule has 1 aromatic rings. The number of hydrogen-bond donors (Lipinski definition) is 1. The van der Waals surface area contributed by atoms with E-state index in [-0.39, 0.29) is 5.97 Å². The van der Waals surface area contributed by atoms with E-state index in [0.717, 1.165) is 19.5 Å². The molecule has 0 saturated carbocycles. The Kier molecular flexibility index (Phi) is 3.54. The summed E-state index contributed by atoms with van der Waals surface area (Å²) < 4.78 is 5.43. The molecule has 0 amide bonds. The summed E-state index contributed by atoms with van der Waals surface area (Å²) in [5.41, 5.74) is 2.00. The van der Waals surface area contributed by atoms with E-state index >= 15 is 0 Å². The van der Waals surface area contributed by atoms with E-state index in [1.54, 1.807) is 0 Å². The lowest BCUT2D eigenvalue weighted by Gasteiger charge is -2.32. The van der Waals surface area contributed by atoms with Crippen LogP contribution in [-0.2, 0) is 11.2 Å². The molecule has 1 aromatic carbocycles. The Labute approximate surface area is 118 Å². The van der Waals surface area contributed by atoms with Gasteiger partial charge in [0.05, 0.1) is 12.2 Å². The van der Waals surface area contributed by atoms with Crippen molar-refractivity contribution in [3.05, 3.63) is 29.3 Å². The average Bonchev–Trinajstić information content (AvgIpc) is 2.76. The minimum Gasteiger partial charge on any atom is -0.462 e. The smallest absolute Gasteiger partial charge is 0.338 e.